The highest BCUT2D eigenvalue weighted by atomic mass is 16.1. The smallest absolute Gasteiger partial charge is 0.223 e. The predicted molar refractivity (Wildman–Crippen MR) is 71.8 cm³/mol. The normalized spacial score (nSPS) is 23.9. The Morgan fingerprint density at radius 1 is 1.50 bits per heavy atom. The van der Waals surface area contributed by atoms with Gasteiger partial charge in [0.2, 0.25) is 5.91 Å². The summed E-state index contributed by atoms with van der Waals surface area (Å²) in [5.41, 5.74) is 6.89. The van der Waals surface area contributed by atoms with Crippen LogP contribution >= 0.6 is 0 Å². The Morgan fingerprint density at radius 2 is 2.28 bits per heavy atom. The lowest BCUT2D eigenvalue weighted by molar-refractivity contribution is -0.127. The molecule has 4 heteroatoms. The molecule has 4 nitrogen and oxygen atoms in total. The van der Waals surface area contributed by atoms with Crippen molar-refractivity contribution in [2.75, 3.05) is 6.54 Å². The van der Waals surface area contributed by atoms with E-state index in [0.29, 0.717) is 19.0 Å². The van der Waals surface area contributed by atoms with Crippen LogP contribution in [0.25, 0.3) is 0 Å². The van der Waals surface area contributed by atoms with Gasteiger partial charge >= 0.3 is 0 Å². The second-order valence-corrected chi connectivity index (χ2v) is 5.21. The topological polar surface area (TPSA) is 60.0 Å². The van der Waals surface area contributed by atoms with Gasteiger partial charge < -0.3 is 15.6 Å². The number of carbonyl (C=O) groups excluding carboxylic acids is 1. The van der Waals surface area contributed by atoms with Gasteiger partial charge in [0, 0.05) is 24.9 Å². The molecule has 2 rings (SSSR count). The lowest BCUT2D eigenvalue weighted by Crippen LogP contribution is -2.39. The van der Waals surface area contributed by atoms with Gasteiger partial charge in [0.05, 0.1) is 6.54 Å². The quantitative estimate of drug-likeness (QED) is 0.847. The van der Waals surface area contributed by atoms with E-state index < -0.39 is 0 Å². The first-order valence-corrected chi connectivity index (χ1v) is 6.80. The number of nitrogens with two attached hydrogens (primary N) is 1. The summed E-state index contributed by atoms with van der Waals surface area (Å²) >= 11 is 0. The highest BCUT2D eigenvalue weighted by Gasteiger charge is 2.29. The van der Waals surface area contributed by atoms with Crippen LogP contribution in [0, 0.1) is 11.8 Å². The van der Waals surface area contributed by atoms with Crippen LogP contribution in [0.3, 0.4) is 0 Å². The zero-order chi connectivity index (χ0) is 13.0. The molecule has 1 fully saturated rings. The molecule has 1 amide bonds. The Balaban J connectivity index is 1.89. The maximum atomic E-state index is 12.2. The summed E-state index contributed by atoms with van der Waals surface area (Å²) in [4.78, 5) is 12.2. The van der Waals surface area contributed by atoms with Crippen molar-refractivity contribution in [3.05, 3.63) is 24.0 Å². The zero-order valence-electron chi connectivity index (χ0n) is 11.1. The molecule has 18 heavy (non-hydrogen) atoms. The molecule has 2 unspecified atom stereocenters. The van der Waals surface area contributed by atoms with E-state index in [1.807, 2.05) is 29.9 Å². The van der Waals surface area contributed by atoms with Gasteiger partial charge in [0.15, 0.2) is 0 Å². The molecule has 1 saturated carbocycles. The zero-order valence-corrected chi connectivity index (χ0v) is 11.1. The second-order valence-electron chi connectivity index (χ2n) is 5.21. The van der Waals surface area contributed by atoms with Gasteiger partial charge in [-0.15, -0.1) is 0 Å². The molecule has 100 valence electrons. The third-order valence-electron chi connectivity index (χ3n) is 4.04. The molecule has 1 aliphatic rings. The van der Waals surface area contributed by atoms with Crippen molar-refractivity contribution in [2.45, 2.75) is 32.2 Å². The first-order chi connectivity index (χ1) is 8.72. The Hall–Kier alpha value is -1.29. The van der Waals surface area contributed by atoms with Crippen molar-refractivity contribution >= 4 is 5.91 Å². The monoisotopic (exact) mass is 249 g/mol. The third kappa shape index (κ3) is 2.93. The Kier molecular flexibility index (Phi) is 4.42. The van der Waals surface area contributed by atoms with E-state index in [2.05, 4.69) is 5.32 Å². The standard InChI is InChI=1S/C14H23N3O/c1-17-8-4-6-12(17)10-16-14(18)13-7-3-2-5-11(13)9-15/h4,6,8,11,13H,2-3,5,7,9-10,15H2,1H3,(H,16,18). The van der Waals surface area contributed by atoms with E-state index in [-0.39, 0.29) is 11.8 Å². The van der Waals surface area contributed by atoms with E-state index >= 15 is 0 Å². The SMILES string of the molecule is Cn1cccc1CNC(=O)C1CCCCC1CN. The molecule has 2 atom stereocenters. The first-order valence-electron chi connectivity index (χ1n) is 6.80. The number of carbonyl (C=O) groups is 1. The summed E-state index contributed by atoms with van der Waals surface area (Å²) in [6.45, 7) is 1.23. The van der Waals surface area contributed by atoms with Crippen LogP contribution in [0.5, 0.6) is 0 Å². The summed E-state index contributed by atoms with van der Waals surface area (Å²) in [5.74, 6) is 0.655. The molecule has 1 aromatic rings. The van der Waals surface area contributed by atoms with E-state index in [9.17, 15) is 4.79 Å². The predicted octanol–water partition coefficient (Wildman–Crippen LogP) is 1.41. The molecular formula is C14H23N3O. The van der Waals surface area contributed by atoms with Crippen molar-refractivity contribution in [1.82, 2.24) is 9.88 Å². The van der Waals surface area contributed by atoms with Gasteiger partial charge in [-0.2, -0.15) is 0 Å². The second kappa shape index (κ2) is 6.05. The minimum absolute atomic E-state index is 0.115. The van der Waals surface area contributed by atoms with Gasteiger partial charge in [-0.1, -0.05) is 12.8 Å². The van der Waals surface area contributed by atoms with Crippen LogP contribution in [0.2, 0.25) is 0 Å². The molecule has 1 aliphatic carbocycles. The van der Waals surface area contributed by atoms with E-state index in [1.165, 1.54) is 6.42 Å². The fraction of sp³-hybridized carbons (Fsp3) is 0.643. The summed E-state index contributed by atoms with van der Waals surface area (Å²) in [7, 11) is 1.99. The summed E-state index contributed by atoms with van der Waals surface area (Å²) in [5, 5.41) is 3.04. The maximum absolute atomic E-state index is 12.2. The van der Waals surface area contributed by atoms with Gasteiger partial charge in [-0.05, 0) is 37.4 Å². The summed E-state index contributed by atoms with van der Waals surface area (Å²) in [6.07, 6.45) is 6.44. The first kappa shape index (κ1) is 13.1. The van der Waals surface area contributed by atoms with Gasteiger partial charge in [-0.25, -0.2) is 0 Å². The molecular weight excluding hydrogens is 226 g/mol. The van der Waals surface area contributed by atoms with Crippen molar-refractivity contribution in [3.8, 4) is 0 Å². The Bertz CT molecular complexity index is 399. The number of aryl methyl sites for hydroxylation is 1. The molecule has 3 N–H and O–H groups in total. The van der Waals surface area contributed by atoms with Crippen LogP contribution in [-0.4, -0.2) is 17.0 Å². The van der Waals surface area contributed by atoms with Crippen molar-refractivity contribution in [2.24, 2.45) is 24.6 Å². The van der Waals surface area contributed by atoms with Crippen molar-refractivity contribution in [1.29, 1.82) is 0 Å². The average Bonchev–Trinajstić information content (AvgIpc) is 2.81. The van der Waals surface area contributed by atoms with Crippen molar-refractivity contribution in [3.63, 3.8) is 0 Å². The summed E-state index contributed by atoms with van der Waals surface area (Å²) in [6, 6.07) is 4.02. The molecule has 0 aliphatic heterocycles. The number of rotatable bonds is 4. The van der Waals surface area contributed by atoms with Gasteiger partial charge in [-0.3, -0.25) is 4.79 Å². The molecule has 0 spiro atoms. The fourth-order valence-corrected chi connectivity index (χ4v) is 2.82. The Morgan fingerprint density at radius 3 is 2.94 bits per heavy atom. The molecule has 0 bridgehead atoms. The Labute approximate surface area is 109 Å². The maximum Gasteiger partial charge on any atom is 0.223 e. The van der Waals surface area contributed by atoms with Gasteiger partial charge in [0.1, 0.15) is 0 Å². The van der Waals surface area contributed by atoms with Crippen LogP contribution in [0.4, 0.5) is 0 Å². The molecule has 0 aromatic carbocycles. The number of aromatic nitrogens is 1. The minimum Gasteiger partial charge on any atom is -0.353 e. The van der Waals surface area contributed by atoms with Crippen LogP contribution in [0.15, 0.2) is 18.3 Å². The highest BCUT2D eigenvalue weighted by Crippen LogP contribution is 2.29. The fourth-order valence-electron chi connectivity index (χ4n) is 2.82. The average molecular weight is 249 g/mol. The number of amides is 1. The minimum atomic E-state index is 0.115. The van der Waals surface area contributed by atoms with E-state index in [0.717, 1.165) is 25.0 Å². The number of nitrogens with one attached hydrogen (secondary N) is 1. The van der Waals surface area contributed by atoms with Gasteiger partial charge in [0.25, 0.3) is 0 Å². The van der Waals surface area contributed by atoms with E-state index in [4.69, 9.17) is 5.73 Å². The van der Waals surface area contributed by atoms with E-state index in [1.54, 1.807) is 0 Å². The largest absolute Gasteiger partial charge is 0.353 e. The molecule has 1 aromatic heterocycles. The number of hydrogen-bond acceptors (Lipinski definition) is 2. The third-order valence-corrected chi connectivity index (χ3v) is 4.04. The molecule has 0 radical (unpaired) electrons. The molecule has 0 saturated heterocycles. The lowest BCUT2D eigenvalue weighted by atomic mass is 9.79. The lowest BCUT2D eigenvalue weighted by Gasteiger charge is -2.29. The summed E-state index contributed by atoms with van der Waals surface area (Å²) < 4.78 is 2.03. The van der Waals surface area contributed by atoms with Crippen LogP contribution in [0.1, 0.15) is 31.4 Å². The molecule has 1 heterocycles. The van der Waals surface area contributed by atoms with Crippen molar-refractivity contribution < 1.29 is 4.79 Å². The number of nitrogens with zero attached hydrogens (tertiary/aromatic N) is 1. The number of hydrogen-bond donors (Lipinski definition) is 2. The van der Waals surface area contributed by atoms with Crippen LogP contribution in [-0.2, 0) is 18.4 Å². The highest BCUT2D eigenvalue weighted by molar-refractivity contribution is 5.79. The van der Waals surface area contributed by atoms with Crippen LogP contribution < -0.4 is 11.1 Å².